The number of amides is 1. The highest BCUT2D eigenvalue weighted by Crippen LogP contribution is 2.27. The lowest BCUT2D eigenvalue weighted by molar-refractivity contribution is -0.118. The molecule has 1 amide bonds. The average molecular weight is 443 g/mol. The fourth-order valence-electron chi connectivity index (χ4n) is 2.60. The van der Waals surface area contributed by atoms with E-state index in [4.69, 9.17) is 4.52 Å². The molecule has 0 saturated carbocycles. The minimum atomic E-state index is -4.14. The van der Waals surface area contributed by atoms with E-state index in [9.17, 15) is 18.0 Å². The second kappa shape index (κ2) is 6.40. The fraction of sp³-hybridized carbons (Fsp3) is 0.267. The summed E-state index contributed by atoms with van der Waals surface area (Å²) in [6.45, 7) is 1.65. The van der Waals surface area contributed by atoms with Gasteiger partial charge in [-0.15, -0.1) is 0 Å². The van der Waals surface area contributed by atoms with Crippen LogP contribution in [0.4, 0.5) is 0 Å². The molecule has 2 aromatic heterocycles. The van der Waals surface area contributed by atoms with E-state index in [0.29, 0.717) is 22.3 Å². The van der Waals surface area contributed by atoms with E-state index < -0.39 is 15.9 Å². The van der Waals surface area contributed by atoms with Crippen LogP contribution in [-0.2, 0) is 35.3 Å². The van der Waals surface area contributed by atoms with Crippen LogP contribution in [0.5, 0.6) is 0 Å². The Bertz CT molecular complexity index is 1190. The van der Waals surface area contributed by atoms with Crippen LogP contribution >= 0.6 is 15.9 Å². The Kier molecular flexibility index (Phi) is 4.53. The second-order valence-electron chi connectivity index (χ2n) is 5.80. The standard InChI is InChI=1S/C15H15BrN4O5S/c1-8-9(7-25-17-8)4-14(21)18-26(23,24)13-6-12-11(5-10(13)16)19(2)15(22)20(12)3/h5-7H,4H2,1-3H3,(H,18,21). The molecule has 0 aliphatic carbocycles. The number of aryl methyl sites for hydroxylation is 3. The molecule has 1 N–H and O–H groups in total. The molecule has 26 heavy (non-hydrogen) atoms. The Morgan fingerprint density at radius 1 is 1.27 bits per heavy atom. The molecule has 138 valence electrons. The van der Waals surface area contributed by atoms with Crippen LogP contribution in [0, 0.1) is 6.92 Å². The summed E-state index contributed by atoms with van der Waals surface area (Å²) in [4.78, 5) is 24.0. The normalized spacial score (nSPS) is 11.8. The minimum absolute atomic E-state index is 0.137. The van der Waals surface area contributed by atoms with Crippen molar-refractivity contribution in [1.29, 1.82) is 0 Å². The van der Waals surface area contributed by atoms with Gasteiger partial charge < -0.3 is 4.52 Å². The zero-order valence-electron chi connectivity index (χ0n) is 14.1. The molecule has 3 aromatic rings. The SMILES string of the molecule is Cc1nocc1CC(=O)NS(=O)(=O)c1cc2c(cc1Br)n(C)c(=O)n2C. The summed E-state index contributed by atoms with van der Waals surface area (Å²) < 4.78 is 35.0. The number of carbonyl (C=O) groups is 1. The topological polar surface area (TPSA) is 116 Å². The van der Waals surface area contributed by atoms with Gasteiger partial charge in [0.15, 0.2) is 0 Å². The monoisotopic (exact) mass is 442 g/mol. The van der Waals surface area contributed by atoms with E-state index in [-0.39, 0.29) is 21.5 Å². The number of aromatic nitrogens is 3. The van der Waals surface area contributed by atoms with Gasteiger partial charge in [-0.05, 0) is 35.0 Å². The van der Waals surface area contributed by atoms with Gasteiger partial charge in [0.2, 0.25) is 5.91 Å². The lowest BCUT2D eigenvalue weighted by atomic mass is 10.2. The number of hydrogen-bond acceptors (Lipinski definition) is 6. The molecular formula is C15H15BrN4O5S. The highest BCUT2D eigenvalue weighted by Gasteiger charge is 2.24. The Morgan fingerprint density at radius 2 is 1.88 bits per heavy atom. The third-order valence-electron chi connectivity index (χ3n) is 4.06. The summed E-state index contributed by atoms with van der Waals surface area (Å²) in [6, 6.07) is 2.88. The molecule has 0 fully saturated rings. The van der Waals surface area contributed by atoms with Crippen LogP contribution in [0.1, 0.15) is 11.3 Å². The molecule has 0 spiro atoms. The third kappa shape index (κ3) is 3.07. The molecule has 1 aromatic carbocycles. The predicted molar refractivity (Wildman–Crippen MR) is 96.1 cm³/mol. The summed E-state index contributed by atoms with van der Waals surface area (Å²) in [5.41, 5.74) is 1.73. The van der Waals surface area contributed by atoms with Crippen molar-refractivity contribution in [3.8, 4) is 0 Å². The van der Waals surface area contributed by atoms with Gasteiger partial charge in [-0.2, -0.15) is 0 Å². The maximum atomic E-state index is 12.6. The van der Waals surface area contributed by atoms with Crippen molar-refractivity contribution in [3.05, 3.63) is 44.6 Å². The van der Waals surface area contributed by atoms with Crippen molar-refractivity contribution in [1.82, 2.24) is 19.0 Å². The molecule has 9 nitrogen and oxygen atoms in total. The Hall–Kier alpha value is -2.40. The van der Waals surface area contributed by atoms with Gasteiger partial charge in [0.1, 0.15) is 11.2 Å². The van der Waals surface area contributed by atoms with Crippen LogP contribution < -0.4 is 10.4 Å². The van der Waals surface area contributed by atoms with Crippen molar-refractivity contribution in [2.75, 3.05) is 0 Å². The molecular weight excluding hydrogens is 428 g/mol. The van der Waals surface area contributed by atoms with Crippen molar-refractivity contribution in [3.63, 3.8) is 0 Å². The summed E-state index contributed by atoms with van der Waals surface area (Å²) in [7, 11) is -1.00. The zero-order valence-corrected chi connectivity index (χ0v) is 16.5. The van der Waals surface area contributed by atoms with Crippen molar-refractivity contribution < 1.29 is 17.7 Å². The number of rotatable bonds is 4. The number of imidazole rings is 1. The van der Waals surface area contributed by atoms with E-state index in [0.717, 1.165) is 0 Å². The van der Waals surface area contributed by atoms with Gasteiger partial charge in [-0.3, -0.25) is 13.9 Å². The van der Waals surface area contributed by atoms with Gasteiger partial charge in [-0.1, -0.05) is 5.16 Å². The molecule has 0 atom stereocenters. The average Bonchev–Trinajstić information content (AvgIpc) is 3.04. The summed E-state index contributed by atoms with van der Waals surface area (Å²) >= 11 is 3.20. The largest absolute Gasteiger partial charge is 0.364 e. The smallest absolute Gasteiger partial charge is 0.328 e. The number of benzene rings is 1. The van der Waals surface area contributed by atoms with Crippen LogP contribution in [0.25, 0.3) is 11.0 Å². The van der Waals surface area contributed by atoms with Crippen molar-refractivity contribution >= 4 is 42.9 Å². The number of carbonyl (C=O) groups excluding carboxylic acids is 1. The van der Waals surface area contributed by atoms with E-state index in [1.54, 1.807) is 21.0 Å². The van der Waals surface area contributed by atoms with Crippen LogP contribution in [0.2, 0.25) is 0 Å². The molecule has 0 bridgehead atoms. The fourth-order valence-corrected chi connectivity index (χ4v) is 4.64. The van der Waals surface area contributed by atoms with Gasteiger partial charge in [-0.25, -0.2) is 17.9 Å². The number of hydrogen-bond donors (Lipinski definition) is 1. The van der Waals surface area contributed by atoms with Gasteiger partial charge in [0.05, 0.1) is 23.1 Å². The van der Waals surface area contributed by atoms with Gasteiger partial charge >= 0.3 is 5.69 Å². The van der Waals surface area contributed by atoms with Gasteiger partial charge in [0, 0.05) is 24.1 Å². The third-order valence-corrected chi connectivity index (χ3v) is 6.40. The lowest BCUT2D eigenvalue weighted by Crippen LogP contribution is -2.32. The Morgan fingerprint density at radius 3 is 2.46 bits per heavy atom. The quantitative estimate of drug-likeness (QED) is 0.643. The predicted octanol–water partition coefficient (Wildman–Crippen LogP) is 0.984. The highest BCUT2D eigenvalue weighted by molar-refractivity contribution is 9.10. The first-order chi connectivity index (χ1) is 12.1. The maximum absolute atomic E-state index is 12.6. The zero-order chi connectivity index (χ0) is 19.2. The summed E-state index contributed by atoms with van der Waals surface area (Å²) in [6.07, 6.45) is 1.11. The molecule has 0 aliphatic rings. The van der Waals surface area contributed by atoms with Crippen LogP contribution in [0.3, 0.4) is 0 Å². The molecule has 3 rings (SSSR count). The van der Waals surface area contributed by atoms with Crippen molar-refractivity contribution in [2.45, 2.75) is 18.2 Å². The van der Waals surface area contributed by atoms with E-state index in [1.807, 2.05) is 4.72 Å². The molecule has 2 heterocycles. The number of fused-ring (bicyclic) bond motifs is 1. The van der Waals surface area contributed by atoms with Crippen molar-refractivity contribution in [2.24, 2.45) is 14.1 Å². The molecule has 0 radical (unpaired) electrons. The van der Waals surface area contributed by atoms with Crippen LogP contribution in [0.15, 0.2) is 37.1 Å². The molecule has 11 heteroatoms. The van der Waals surface area contributed by atoms with E-state index in [2.05, 4.69) is 21.1 Å². The van der Waals surface area contributed by atoms with Gasteiger partial charge in [0.25, 0.3) is 10.0 Å². The lowest BCUT2D eigenvalue weighted by Gasteiger charge is -2.09. The summed E-state index contributed by atoms with van der Waals surface area (Å²) in [5.74, 6) is -0.717. The Labute approximate surface area is 156 Å². The summed E-state index contributed by atoms with van der Waals surface area (Å²) in [5, 5.41) is 3.65. The first-order valence-electron chi connectivity index (χ1n) is 7.42. The number of nitrogens with zero attached hydrogens (tertiary/aromatic N) is 3. The first-order valence-corrected chi connectivity index (χ1v) is 9.70. The highest BCUT2D eigenvalue weighted by atomic mass is 79.9. The molecule has 0 unspecified atom stereocenters. The Balaban J connectivity index is 1.97. The maximum Gasteiger partial charge on any atom is 0.328 e. The van der Waals surface area contributed by atoms with Crippen LogP contribution in [-0.4, -0.2) is 28.6 Å². The molecule has 0 saturated heterocycles. The number of halogens is 1. The number of sulfonamides is 1. The second-order valence-corrected chi connectivity index (χ2v) is 8.31. The molecule has 0 aliphatic heterocycles. The van der Waals surface area contributed by atoms with E-state index >= 15 is 0 Å². The number of nitrogens with one attached hydrogen (secondary N) is 1. The first kappa shape index (κ1) is 18.4. The minimum Gasteiger partial charge on any atom is -0.364 e. The van der Waals surface area contributed by atoms with E-state index in [1.165, 1.54) is 27.5 Å².